The topological polar surface area (TPSA) is 112 Å². The van der Waals surface area contributed by atoms with E-state index in [1.807, 2.05) is 79.9 Å². The van der Waals surface area contributed by atoms with Crippen LogP contribution in [0.3, 0.4) is 0 Å². The molecule has 0 bridgehead atoms. The molecule has 5 rings (SSSR count). The van der Waals surface area contributed by atoms with Gasteiger partial charge in [-0.25, -0.2) is 14.3 Å². The van der Waals surface area contributed by atoms with Crippen LogP contribution in [0.2, 0.25) is 0 Å². The van der Waals surface area contributed by atoms with Crippen LogP contribution in [0.1, 0.15) is 36.2 Å². The molecule has 3 heterocycles. The summed E-state index contributed by atoms with van der Waals surface area (Å²) in [7, 11) is -1.83. The molecule has 0 N–H and O–H groups in total. The summed E-state index contributed by atoms with van der Waals surface area (Å²) in [6, 6.07) is 20.9. The van der Waals surface area contributed by atoms with Gasteiger partial charge in [0.1, 0.15) is 13.2 Å². The summed E-state index contributed by atoms with van der Waals surface area (Å²) in [6.45, 7) is 6.49. The van der Waals surface area contributed by atoms with Crippen LogP contribution >= 0.6 is 7.60 Å². The second-order valence-corrected chi connectivity index (χ2v) is 11.7. The molecular formula is C33H36N5O6P. The van der Waals surface area contributed by atoms with E-state index >= 15 is 0 Å². The van der Waals surface area contributed by atoms with Gasteiger partial charge in [-0.1, -0.05) is 30.3 Å². The molecule has 12 heteroatoms. The van der Waals surface area contributed by atoms with Gasteiger partial charge < -0.3 is 23.3 Å². The highest BCUT2D eigenvalue weighted by Crippen LogP contribution is 2.50. The number of hydrogen-bond acceptors (Lipinski definition) is 9. The van der Waals surface area contributed by atoms with E-state index in [1.54, 1.807) is 48.8 Å². The first-order chi connectivity index (χ1) is 21.9. The highest BCUT2D eigenvalue weighted by atomic mass is 31.2. The van der Waals surface area contributed by atoms with Gasteiger partial charge in [-0.2, -0.15) is 5.10 Å². The molecule has 2 aromatic carbocycles. The maximum Gasteiger partial charge on any atom is 0.354 e. The molecule has 0 saturated heterocycles. The number of aryl methyl sites for hydroxylation is 1. The molecule has 234 valence electrons. The van der Waals surface area contributed by atoms with Crippen LogP contribution < -0.4 is 14.2 Å². The summed E-state index contributed by atoms with van der Waals surface area (Å²) < 4.78 is 45.2. The van der Waals surface area contributed by atoms with E-state index in [9.17, 15) is 4.57 Å². The van der Waals surface area contributed by atoms with E-state index < -0.39 is 7.60 Å². The Morgan fingerprint density at radius 2 is 1.62 bits per heavy atom. The van der Waals surface area contributed by atoms with Gasteiger partial charge in [0.25, 0.3) is 0 Å². The normalized spacial score (nSPS) is 11.6. The zero-order valence-corrected chi connectivity index (χ0v) is 26.6. The lowest BCUT2D eigenvalue weighted by atomic mass is 10.2. The summed E-state index contributed by atoms with van der Waals surface area (Å²) in [6.07, 6.45) is 7.10. The van der Waals surface area contributed by atoms with Gasteiger partial charge in [-0.15, -0.1) is 5.10 Å². The minimum absolute atomic E-state index is 0.202. The molecule has 5 aromatic rings. The van der Waals surface area contributed by atoms with Crippen molar-refractivity contribution in [2.75, 3.05) is 20.3 Å². The second-order valence-electron chi connectivity index (χ2n) is 9.80. The van der Waals surface area contributed by atoms with Crippen molar-refractivity contribution in [1.82, 2.24) is 24.5 Å². The van der Waals surface area contributed by atoms with Gasteiger partial charge in [0.2, 0.25) is 5.88 Å². The van der Waals surface area contributed by atoms with Gasteiger partial charge >= 0.3 is 7.60 Å². The Morgan fingerprint density at radius 1 is 0.844 bits per heavy atom. The minimum atomic E-state index is -3.42. The molecule has 0 aliphatic rings. The lowest BCUT2D eigenvalue weighted by Crippen LogP contribution is -2.01. The molecule has 0 fully saturated rings. The van der Waals surface area contributed by atoms with Crippen LogP contribution in [-0.4, -0.2) is 44.9 Å². The van der Waals surface area contributed by atoms with Crippen LogP contribution in [0.15, 0.2) is 91.1 Å². The van der Waals surface area contributed by atoms with Crippen molar-refractivity contribution < 1.29 is 27.8 Å². The lowest BCUT2D eigenvalue weighted by Gasteiger charge is -2.13. The number of para-hydroxylation sites is 1. The van der Waals surface area contributed by atoms with Gasteiger partial charge in [-0.05, 0) is 68.8 Å². The molecule has 11 nitrogen and oxygen atoms in total. The van der Waals surface area contributed by atoms with Crippen LogP contribution in [0, 0.1) is 6.92 Å². The first kappa shape index (κ1) is 31.7. The minimum Gasteiger partial charge on any atom is -0.493 e. The fourth-order valence-electron chi connectivity index (χ4n) is 4.44. The Morgan fingerprint density at radius 3 is 2.33 bits per heavy atom. The van der Waals surface area contributed by atoms with Gasteiger partial charge in [0, 0.05) is 30.0 Å². The van der Waals surface area contributed by atoms with Crippen molar-refractivity contribution in [3.8, 4) is 28.9 Å². The van der Waals surface area contributed by atoms with Crippen molar-refractivity contribution in [3.63, 3.8) is 0 Å². The molecule has 45 heavy (non-hydrogen) atoms. The highest BCUT2D eigenvalue weighted by molar-refractivity contribution is 7.57. The molecule has 0 aliphatic carbocycles. The smallest absolute Gasteiger partial charge is 0.354 e. The molecule has 0 saturated carbocycles. The van der Waals surface area contributed by atoms with E-state index in [0.29, 0.717) is 29.5 Å². The number of benzene rings is 2. The molecule has 0 spiro atoms. The number of hydrogen-bond donors (Lipinski definition) is 0. The fourth-order valence-corrected chi connectivity index (χ4v) is 5.75. The predicted octanol–water partition coefficient (Wildman–Crippen LogP) is 7.16. The average Bonchev–Trinajstić information content (AvgIpc) is 3.66. The summed E-state index contributed by atoms with van der Waals surface area (Å²) in [5.74, 6) is 3.69. The predicted molar refractivity (Wildman–Crippen MR) is 171 cm³/mol. The Bertz CT molecular complexity index is 1760. The van der Waals surface area contributed by atoms with Crippen molar-refractivity contribution in [1.29, 1.82) is 0 Å². The quantitative estimate of drug-likeness (QED) is 0.111. The Kier molecular flexibility index (Phi) is 10.5. The van der Waals surface area contributed by atoms with Crippen molar-refractivity contribution in [2.24, 2.45) is 0 Å². The monoisotopic (exact) mass is 629 g/mol. The molecule has 0 atom stereocenters. The summed E-state index contributed by atoms with van der Waals surface area (Å²) in [5.41, 5.74) is 4.10. The third kappa shape index (κ3) is 8.07. The maximum absolute atomic E-state index is 13.1. The fraction of sp³-hybridized carbons (Fsp3) is 0.242. The van der Waals surface area contributed by atoms with Crippen LogP contribution in [0.5, 0.6) is 17.4 Å². The zero-order valence-electron chi connectivity index (χ0n) is 25.7. The molecule has 0 aliphatic heterocycles. The third-order valence-corrected chi connectivity index (χ3v) is 8.40. The van der Waals surface area contributed by atoms with Crippen LogP contribution in [0.4, 0.5) is 0 Å². The summed E-state index contributed by atoms with van der Waals surface area (Å²) >= 11 is 0. The van der Waals surface area contributed by atoms with Crippen LogP contribution in [0.25, 0.3) is 17.6 Å². The van der Waals surface area contributed by atoms with Crippen molar-refractivity contribution >= 4 is 13.7 Å². The highest BCUT2D eigenvalue weighted by Gasteiger charge is 2.20. The Balaban J connectivity index is 1.31. The second kappa shape index (κ2) is 14.9. The molecule has 3 aromatic heterocycles. The van der Waals surface area contributed by atoms with E-state index in [4.69, 9.17) is 23.3 Å². The summed E-state index contributed by atoms with van der Waals surface area (Å²) in [5, 5.41) is 9.21. The van der Waals surface area contributed by atoms with Gasteiger partial charge in [0.15, 0.2) is 17.3 Å². The van der Waals surface area contributed by atoms with Crippen LogP contribution in [-0.2, 0) is 26.8 Å². The van der Waals surface area contributed by atoms with Gasteiger partial charge in [0.05, 0.1) is 37.3 Å². The third-order valence-electron chi connectivity index (χ3n) is 6.65. The van der Waals surface area contributed by atoms with E-state index in [2.05, 4.69) is 15.2 Å². The number of methoxy groups -OCH3 is 1. The summed E-state index contributed by atoms with van der Waals surface area (Å²) in [4.78, 5) is 4.35. The SMILES string of the molecule is CCOP(=O)(C=Cc1cn(-c2ccccc2)nc1OCc1ccc(OCc2cn(-c3ccccn3)nc2C)c(OC)c1)OCC. The van der Waals surface area contributed by atoms with Crippen molar-refractivity contribution in [2.45, 2.75) is 34.0 Å². The number of rotatable bonds is 15. The zero-order chi connectivity index (χ0) is 31.6. The largest absolute Gasteiger partial charge is 0.493 e. The number of nitrogens with zero attached hydrogens (tertiary/aromatic N) is 5. The average molecular weight is 630 g/mol. The lowest BCUT2D eigenvalue weighted by molar-refractivity contribution is 0.229. The Labute approximate surface area is 262 Å². The van der Waals surface area contributed by atoms with E-state index in [1.165, 1.54) is 5.82 Å². The van der Waals surface area contributed by atoms with Crippen molar-refractivity contribution in [3.05, 3.63) is 114 Å². The first-order valence-electron chi connectivity index (χ1n) is 14.5. The molecular weight excluding hydrogens is 593 g/mol. The molecule has 0 unspecified atom stereocenters. The number of pyridine rings is 1. The maximum atomic E-state index is 13.1. The molecule has 0 radical (unpaired) electrons. The number of aromatic nitrogens is 5. The number of ether oxygens (including phenoxy) is 3. The first-order valence-corrected chi connectivity index (χ1v) is 16.1. The standard InChI is InChI=1S/C33H36N5O6P/c1-5-43-45(39,44-6-2)19-17-27-21-37(29-12-8-7-9-13-29)36-33(27)42-23-26-15-16-30(31(20-26)40-4)41-24-28-22-38(35-25(28)3)32-14-10-11-18-34-32/h7-22H,5-6,23-24H2,1-4H3. The van der Waals surface area contributed by atoms with E-state index in [-0.39, 0.29) is 19.8 Å². The van der Waals surface area contributed by atoms with Gasteiger partial charge in [-0.3, -0.25) is 4.57 Å². The molecule has 0 amide bonds. The Hall–Kier alpha value is -4.70. The van der Waals surface area contributed by atoms with E-state index in [0.717, 1.165) is 28.3 Å².